The molecule has 2 aromatic carbocycles. The molecule has 3 aromatic rings. The lowest BCUT2D eigenvalue weighted by Crippen LogP contribution is -2.40. The standard InChI is InChI=1S/C20H13NO4/c22-18(13-9-11-21-12-10-13)25-20(19(23)24)16-7-3-1-5-14(16)15-6-2-4-8-17(15)20/h1-12H,(H,23,24). The highest BCUT2D eigenvalue weighted by molar-refractivity contribution is 5.99. The summed E-state index contributed by atoms with van der Waals surface area (Å²) in [5, 5.41) is 10.1. The van der Waals surface area contributed by atoms with Gasteiger partial charge in [0.2, 0.25) is 0 Å². The first kappa shape index (κ1) is 15.1. The third kappa shape index (κ3) is 2.13. The van der Waals surface area contributed by atoms with Crippen molar-refractivity contribution in [3.63, 3.8) is 0 Å². The number of fused-ring (bicyclic) bond motifs is 3. The number of nitrogens with zero attached hydrogens (tertiary/aromatic N) is 1. The van der Waals surface area contributed by atoms with Crippen molar-refractivity contribution in [2.24, 2.45) is 0 Å². The van der Waals surface area contributed by atoms with Crippen LogP contribution in [0.5, 0.6) is 0 Å². The second-order valence-corrected chi connectivity index (χ2v) is 5.70. The van der Waals surface area contributed by atoms with Crippen molar-refractivity contribution >= 4 is 11.9 Å². The van der Waals surface area contributed by atoms with Crippen molar-refractivity contribution in [3.05, 3.63) is 89.7 Å². The van der Waals surface area contributed by atoms with Crippen LogP contribution in [0.2, 0.25) is 0 Å². The van der Waals surface area contributed by atoms with E-state index < -0.39 is 17.5 Å². The van der Waals surface area contributed by atoms with E-state index in [2.05, 4.69) is 4.98 Å². The number of ether oxygens (including phenoxy) is 1. The van der Waals surface area contributed by atoms with E-state index in [4.69, 9.17) is 4.74 Å². The summed E-state index contributed by atoms with van der Waals surface area (Å²) in [5.74, 6) is -1.94. The number of aromatic nitrogens is 1. The number of hydrogen-bond acceptors (Lipinski definition) is 4. The smallest absolute Gasteiger partial charge is 0.357 e. The Bertz CT molecular complexity index is 936. The maximum Gasteiger partial charge on any atom is 0.357 e. The molecule has 122 valence electrons. The van der Waals surface area contributed by atoms with Gasteiger partial charge in [0.25, 0.3) is 5.60 Å². The van der Waals surface area contributed by atoms with Gasteiger partial charge in [-0.3, -0.25) is 4.98 Å². The Morgan fingerprint density at radius 2 is 1.36 bits per heavy atom. The fourth-order valence-corrected chi connectivity index (χ4v) is 3.27. The van der Waals surface area contributed by atoms with E-state index >= 15 is 0 Å². The summed E-state index contributed by atoms with van der Waals surface area (Å²) in [6.07, 6.45) is 2.92. The Morgan fingerprint density at radius 1 is 0.840 bits per heavy atom. The average Bonchev–Trinajstić information content (AvgIpc) is 2.94. The Hall–Kier alpha value is -3.47. The van der Waals surface area contributed by atoms with Crippen LogP contribution in [0.15, 0.2) is 73.1 Å². The molecule has 1 N–H and O–H groups in total. The number of pyridine rings is 1. The summed E-state index contributed by atoms with van der Waals surface area (Å²) in [6, 6.07) is 17.2. The zero-order valence-corrected chi connectivity index (χ0v) is 13.0. The van der Waals surface area contributed by atoms with Crippen LogP contribution in [-0.2, 0) is 15.1 Å². The van der Waals surface area contributed by atoms with Crippen LogP contribution in [-0.4, -0.2) is 22.0 Å². The minimum absolute atomic E-state index is 0.248. The molecule has 5 heteroatoms. The predicted octanol–water partition coefficient (Wildman–Crippen LogP) is 3.25. The Kier molecular flexibility index (Phi) is 3.35. The van der Waals surface area contributed by atoms with Gasteiger partial charge in [0.1, 0.15) is 0 Å². The molecule has 0 saturated heterocycles. The van der Waals surface area contributed by atoms with Gasteiger partial charge in [0.15, 0.2) is 0 Å². The summed E-state index contributed by atoms with van der Waals surface area (Å²) in [6.45, 7) is 0. The minimum Gasteiger partial charge on any atom is -0.478 e. The van der Waals surface area contributed by atoms with Crippen LogP contribution in [0.3, 0.4) is 0 Å². The SMILES string of the molecule is O=C(OC1(C(=O)O)c2ccccc2-c2ccccc21)c1ccncc1. The van der Waals surface area contributed by atoms with Crippen molar-refractivity contribution in [3.8, 4) is 11.1 Å². The largest absolute Gasteiger partial charge is 0.478 e. The first-order valence-corrected chi connectivity index (χ1v) is 7.71. The molecule has 1 heterocycles. The summed E-state index contributed by atoms with van der Waals surface area (Å²) >= 11 is 0. The van der Waals surface area contributed by atoms with Gasteiger partial charge >= 0.3 is 11.9 Å². The van der Waals surface area contributed by atoms with Crippen molar-refractivity contribution < 1.29 is 19.4 Å². The van der Waals surface area contributed by atoms with Crippen molar-refractivity contribution in [2.75, 3.05) is 0 Å². The normalized spacial score (nSPS) is 13.6. The molecule has 0 unspecified atom stereocenters. The summed E-state index contributed by atoms with van der Waals surface area (Å²) in [5.41, 5.74) is 0.786. The lowest BCUT2D eigenvalue weighted by atomic mass is 9.91. The van der Waals surface area contributed by atoms with E-state index in [1.165, 1.54) is 24.5 Å². The second-order valence-electron chi connectivity index (χ2n) is 5.70. The second kappa shape index (κ2) is 5.56. The number of carbonyl (C=O) groups is 2. The van der Waals surface area contributed by atoms with Gasteiger partial charge in [-0.1, -0.05) is 48.5 Å². The number of benzene rings is 2. The molecule has 1 aromatic heterocycles. The summed E-state index contributed by atoms with van der Waals surface area (Å²) in [7, 11) is 0. The fraction of sp³-hybridized carbons (Fsp3) is 0.0500. The first-order valence-electron chi connectivity index (χ1n) is 7.71. The van der Waals surface area contributed by atoms with Gasteiger partial charge in [-0.25, -0.2) is 9.59 Å². The lowest BCUT2D eigenvalue weighted by Gasteiger charge is -2.27. The zero-order chi connectivity index (χ0) is 17.4. The topological polar surface area (TPSA) is 76.5 Å². The number of rotatable bonds is 3. The highest BCUT2D eigenvalue weighted by Gasteiger charge is 2.53. The molecule has 0 radical (unpaired) electrons. The summed E-state index contributed by atoms with van der Waals surface area (Å²) < 4.78 is 5.63. The molecule has 0 fully saturated rings. The molecule has 0 atom stereocenters. The lowest BCUT2D eigenvalue weighted by molar-refractivity contribution is -0.155. The Balaban J connectivity index is 1.92. The van der Waals surface area contributed by atoms with E-state index in [0.717, 1.165) is 11.1 Å². The molecule has 1 aliphatic rings. The molecular weight excluding hydrogens is 318 g/mol. The first-order chi connectivity index (χ1) is 12.1. The molecule has 0 aliphatic heterocycles. The van der Waals surface area contributed by atoms with Crippen molar-refractivity contribution in [2.45, 2.75) is 5.60 Å². The Morgan fingerprint density at radius 3 is 1.88 bits per heavy atom. The van der Waals surface area contributed by atoms with Crippen LogP contribution in [0.4, 0.5) is 0 Å². The number of carboxylic acids is 1. The van der Waals surface area contributed by atoms with Gasteiger partial charge in [0.05, 0.1) is 5.56 Å². The molecule has 4 rings (SSSR count). The number of carboxylic acid groups (broad SMARTS) is 1. The molecule has 1 aliphatic carbocycles. The maximum atomic E-state index is 12.6. The quantitative estimate of drug-likeness (QED) is 0.746. The van der Waals surface area contributed by atoms with E-state index in [1.807, 2.05) is 24.3 Å². The van der Waals surface area contributed by atoms with Gasteiger partial charge in [0, 0.05) is 23.5 Å². The van der Waals surface area contributed by atoms with Gasteiger partial charge in [-0.05, 0) is 23.3 Å². The van der Waals surface area contributed by atoms with Crippen LogP contribution < -0.4 is 0 Å². The molecule has 0 bridgehead atoms. The minimum atomic E-state index is -1.87. The monoisotopic (exact) mass is 331 g/mol. The van der Waals surface area contributed by atoms with E-state index in [0.29, 0.717) is 11.1 Å². The van der Waals surface area contributed by atoms with Crippen LogP contribution in [0.25, 0.3) is 11.1 Å². The fourth-order valence-electron chi connectivity index (χ4n) is 3.27. The van der Waals surface area contributed by atoms with E-state index in [1.54, 1.807) is 24.3 Å². The highest BCUT2D eigenvalue weighted by atomic mass is 16.6. The summed E-state index contributed by atoms with van der Waals surface area (Å²) in [4.78, 5) is 28.8. The van der Waals surface area contributed by atoms with Gasteiger partial charge in [-0.2, -0.15) is 0 Å². The highest BCUT2D eigenvalue weighted by Crippen LogP contribution is 2.50. The Labute approximate surface area is 143 Å². The van der Waals surface area contributed by atoms with Crippen LogP contribution in [0, 0.1) is 0 Å². The van der Waals surface area contributed by atoms with Crippen molar-refractivity contribution in [1.82, 2.24) is 4.98 Å². The average molecular weight is 331 g/mol. The predicted molar refractivity (Wildman–Crippen MR) is 89.9 cm³/mol. The third-order valence-corrected chi connectivity index (χ3v) is 4.37. The molecule has 0 amide bonds. The number of esters is 1. The number of aliphatic carboxylic acids is 1. The number of carbonyl (C=O) groups excluding carboxylic acids is 1. The van der Waals surface area contributed by atoms with Crippen LogP contribution >= 0.6 is 0 Å². The molecule has 0 saturated carbocycles. The number of hydrogen-bond donors (Lipinski definition) is 1. The zero-order valence-electron chi connectivity index (χ0n) is 13.0. The van der Waals surface area contributed by atoms with Gasteiger partial charge < -0.3 is 9.84 Å². The van der Waals surface area contributed by atoms with Crippen LogP contribution in [0.1, 0.15) is 21.5 Å². The molecule has 5 nitrogen and oxygen atoms in total. The van der Waals surface area contributed by atoms with Gasteiger partial charge in [-0.15, -0.1) is 0 Å². The third-order valence-electron chi connectivity index (χ3n) is 4.37. The molecule has 25 heavy (non-hydrogen) atoms. The van der Waals surface area contributed by atoms with E-state index in [-0.39, 0.29) is 5.56 Å². The van der Waals surface area contributed by atoms with Crippen molar-refractivity contribution in [1.29, 1.82) is 0 Å². The van der Waals surface area contributed by atoms with E-state index in [9.17, 15) is 14.7 Å². The molecular formula is C20H13NO4. The maximum absolute atomic E-state index is 12.6. The molecule has 0 spiro atoms.